The second kappa shape index (κ2) is 10.7. The first-order valence-corrected chi connectivity index (χ1v) is 11.6. The number of amides is 2. The third-order valence-corrected chi connectivity index (χ3v) is 6.71. The number of carbonyl (C=O) groups excluding carboxylic acids is 2. The van der Waals surface area contributed by atoms with Crippen LogP contribution < -0.4 is 10.6 Å². The summed E-state index contributed by atoms with van der Waals surface area (Å²) in [5.41, 5.74) is 4.48. The average Bonchev–Trinajstić information content (AvgIpc) is 3.38. The van der Waals surface area contributed by atoms with Gasteiger partial charge in [0.05, 0.1) is 13.0 Å². The molecule has 2 aliphatic carbocycles. The number of hydrogen-bond acceptors (Lipinski definition) is 5. The molecule has 0 aromatic heterocycles. The maximum atomic E-state index is 12.8. The van der Waals surface area contributed by atoms with E-state index in [0.717, 1.165) is 35.1 Å². The summed E-state index contributed by atoms with van der Waals surface area (Å²) in [6.07, 6.45) is 1.64. The Hall–Kier alpha value is -3.39. The fourth-order valence-electron chi connectivity index (χ4n) is 5.11. The number of hydrogen-bond donors (Lipinski definition) is 3. The van der Waals surface area contributed by atoms with Crippen LogP contribution in [0, 0.1) is 5.92 Å². The molecule has 8 nitrogen and oxygen atoms in total. The third kappa shape index (κ3) is 5.22. The number of fused-ring (bicyclic) bond motifs is 3. The van der Waals surface area contributed by atoms with Crippen molar-refractivity contribution in [1.29, 1.82) is 0 Å². The van der Waals surface area contributed by atoms with Crippen molar-refractivity contribution in [2.45, 2.75) is 43.7 Å². The fraction of sp³-hybridized carbons (Fsp3) is 0.423. The Morgan fingerprint density at radius 1 is 1.03 bits per heavy atom. The van der Waals surface area contributed by atoms with Gasteiger partial charge in [0.2, 0.25) is 5.91 Å². The van der Waals surface area contributed by atoms with Gasteiger partial charge in [0.25, 0.3) is 0 Å². The molecule has 2 amide bonds. The fourth-order valence-corrected chi connectivity index (χ4v) is 5.11. The highest BCUT2D eigenvalue weighted by molar-refractivity contribution is 5.86. The highest BCUT2D eigenvalue weighted by Gasteiger charge is 2.33. The Morgan fingerprint density at radius 2 is 1.68 bits per heavy atom. The molecule has 0 saturated heterocycles. The zero-order valence-corrected chi connectivity index (χ0v) is 19.2. The van der Waals surface area contributed by atoms with E-state index in [9.17, 15) is 14.4 Å². The first-order chi connectivity index (χ1) is 16.5. The number of methoxy groups -OCH3 is 1. The number of nitrogens with one attached hydrogen (secondary N) is 2. The minimum atomic E-state index is -0.938. The van der Waals surface area contributed by atoms with E-state index in [1.165, 1.54) is 7.11 Å². The topological polar surface area (TPSA) is 114 Å². The number of rotatable bonds is 9. The highest BCUT2D eigenvalue weighted by atomic mass is 16.5. The molecule has 2 aliphatic rings. The summed E-state index contributed by atoms with van der Waals surface area (Å²) in [7, 11) is 1.45. The Bertz CT molecular complexity index is 1010. The average molecular weight is 467 g/mol. The second-order valence-electron chi connectivity index (χ2n) is 8.88. The summed E-state index contributed by atoms with van der Waals surface area (Å²) in [5, 5.41) is 14.6. The number of benzene rings is 2. The molecule has 3 atom stereocenters. The lowest BCUT2D eigenvalue weighted by Gasteiger charge is -2.24. The van der Waals surface area contributed by atoms with Crippen LogP contribution in [-0.2, 0) is 19.1 Å². The van der Waals surface area contributed by atoms with E-state index >= 15 is 0 Å². The molecule has 0 aliphatic heterocycles. The molecule has 0 bridgehead atoms. The molecule has 4 rings (SSSR count). The highest BCUT2D eigenvalue weighted by Crippen LogP contribution is 2.44. The van der Waals surface area contributed by atoms with Crippen molar-refractivity contribution >= 4 is 18.0 Å². The van der Waals surface area contributed by atoms with Gasteiger partial charge >= 0.3 is 12.1 Å². The molecular weight excluding hydrogens is 436 g/mol. The summed E-state index contributed by atoms with van der Waals surface area (Å²) in [5.74, 6) is -1.48. The van der Waals surface area contributed by atoms with E-state index in [1.54, 1.807) is 0 Å². The van der Waals surface area contributed by atoms with Crippen molar-refractivity contribution in [3.05, 3.63) is 59.7 Å². The first kappa shape index (κ1) is 23.8. The normalized spacial score (nSPS) is 19.7. The predicted molar refractivity (Wildman–Crippen MR) is 125 cm³/mol. The van der Waals surface area contributed by atoms with E-state index in [4.69, 9.17) is 14.6 Å². The summed E-state index contributed by atoms with van der Waals surface area (Å²) >= 11 is 0. The lowest BCUT2D eigenvalue weighted by Crippen LogP contribution is -2.52. The van der Waals surface area contributed by atoms with Gasteiger partial charge in [-0.2, -0.15) is 0 Å². The zero-order chi connectivity index (χ0) is 24.1. The summed E-state index contributed by atoms with van der Waals surface area (Å²) < 4.78 is 10.7. The van der Waals surface area contributed by atoms with Gasteiger partial charge in [-0.1, -0.05) is 55.0 Å². The third-order valence-electron chi connectivity index (χ3n) is 6.71. The predicted octanol–water partition coefficient (Wildman–Crippen LogP) is 3.30. The summed E-state index contributed by atoms with van der Waals surface area (Å²) in [6.45, 7) is 0.122. The van der Waals surface area contributed by atoms with Crippen molar-refractivity contribution in [1.82, 2.24) is 10.6 Å². The van der Waals surface area contributed by atoms with Gasteiger partial charge in [-0.3, -0.25) is 9.59 Å². The zero-order valence-electron chi connectivity index (χ0n) is 19.2. The van der Waals surface area contributed by atoms with Gasteiger partial charge in [-0.25, -0.2) is 4.79 Å². The van der Waals surface area contributed by atoms with Gasteiger partial charge in [0.15, 0.2) is 0 Å². The second-order valence-corrected chi connectivity index (χ2v) is 8.88. The molecule has 3 N–H and O–H groups in total. The van der Waals surface area contributed by atoms with Crippen molar-refractivity contribution in [2.75, 3.05) is 20.3 Å². The monoisotopic (exact) mass is 466 g/mol. The molecule has 180 valence electrons. The van der Waals surface area contributed by atoms with Crippen LogP contribution in [0.5, 0.6) is 0 Å². The van der Waals surface area contributed by atoms with Crippen LogP contribution >= 0.6 is 0 Å². The Labute approximate surface area is 198 Å². The van der Waals surface area contributed by atoms with Crippen LogP contribution in [0.25, 0.3) is 11.1 Å². The quantitative estimate of drug-likeness (QED) is 0.523. The number of aliphatic carboxylic acids is 1. The van der Waals surface area contributed by atoms with Crippen molar-refractivity contribution in [3.63, 3.8) is 0 Å². The number of carboxylic acid groups (broad SMARTS) is 1. The minimum absolute atomic E-state index is 0.0136. The Kier molecular flexibility index (Phi) is 7.47. The van der Waals surface area contributed by atoms with Gasteiger partial charge in [-0.15, -0.1) is 0 Å². The first-order valence-electron chi connectivity index (χ1n) is 11.6. The molecule has 0 radical (unpaired) electrons. The van der Waals surface area contributed by atoms with E-state index in [-0.39, 0.29) is 37.5 Å². The molecule has 8 heteroatoms. The molecule has 0 heterocycles. The molecule has 2 aromatic rings. The van der Waals surface area contributed by atoms with E-state index in [0.29, 0.717) is 6.42 Å². The maximum absolute atomic E-state index is 12.8. The molecule has 3 unspecified atom stereocenters. The smallest absolute Gasteiger partial charge is 0.407 e. The summed E-state index contributed by atoms with van der Waals surface area (Å²) in [6, 6.07) is 15.0. The number of carbonyl (C=O) groups is 3. The van der Waals surface area contributed by atoms with Crippen molar-refractivity contribution < 1.29 is 29.0 Å². The van der Waals surface area contributed by atoms with Crippen LogP contribution in [-0.4, -0.2) is 55.5 Å². The van der Waals surface area contributed by atoms with Gasteiger partial charge in [0.1, 0.15) is 12.6 Å². The van der Waals surface area contributed by atoms with Crippen LogP contribution in [0.1, 0.15) is 42.7 Å². The molecule has 34 heavy (non-hydrogen) atoms. The van der Waals surface area contributed by atoms with E-state index in [1.807, 2.05) is 36.4 Å². The van der Waals surface area contributed by atoms with Gasteiger partial charge in [-0.05, 0) is 41.0 Å². The number of carboxylic acids is 1. The SMILES string of the molecule is COCC(NC(=O)OCC1c2ccccc2-c2ccccc21)C(=O)NC1CCCC1CC(=O)O. The van der Waals surface area contributed by atoms with Crippen LogP contribution in [0.4, 0.5) is 4.79 Å². The molecule has 1 fully saturated rings. The standard InChI is InChI=1S/C26H30N2O6/c1-33-15-23(25(31)27-22-12-6-7-16(22)13-24(29)30)28-26(32)34-14-21-19-10-4-2-8-17(19)18-9-3-5-11-20(18)21/h2-5,8-11,16,21-23H,6-7,12-15H2,1H3,(H,27,31)(H,28,32)(H,29,30). The van der Waals surface area contributed by atoms with Gasteiger partial charge < -0.3 is 25.2 Å². The number of alkyl carbamates (subject to hydrolysis) is 1. The lowest BCUT2D eigenvalue weighted by molar-refractivity contribution is -0.138. The van der Waals surface area contributed by atoms with Gasteiger partial charge in [0, 0.05) is 19.1 Å². The summed E-state index contributed by atoms with van der Waals surface area (Å²) in [4.78, 5) is 36.5. The minimum Gasteiger partial charge on any atom is -0.481 e. The lowest BCUT2D eigenvalue weighted by atomic mass is 9.98. The van der Waals surface area contributed by atoms with Crippen LogP contribution in [0.3, 0.4) is 0 Å². The van der Waals surface area contributed by atoms with Crippen molar-refractivity contribution in [2.24, 2.45) is 5.92 Å². The van der Waals surface area contributed by atoms with Crippen molar-refractivity contribution in [3.8, 4) is 11.1 Å². The molecule has 1 saturated carbocycles. The molecule has 0 spiro atoms. The molecule has 2 aromatic carbocycles. The van der Waals surface area contributed by atoms with Crippen LogP contribution in [0.15, 0.2) is 48.5 Å². The largest absolute Gasteiger partial charge is 0.481 e. The maximum Gasteiger partial charge on any atom is 0.407 e. The Balaban J connectivity index is 1.36. The van der Waals surface area contributed by atoms with Crippen LogP contribution in [0.2, 0.25) is 0 Å². The van der Waals surface area contributed by atoms with E-state index < -0.39 is 24.0 Å². The molecular formula is C26H30N2O6. The number of ether oxygens (including phenoxy) is 2. The van der Waals surface area contributed by atoms with E-state index in [2.05, 4.69) is 22.8 Å². The Morgan fingerprint density at radius 3 is 2.29 bits per heavy atom.